The van der Waals surface area contributed by atoms with E-state index in [1.807, 2.05) is 12.1 Å². The van der Waals surface area contributed by atoms with Crippen LogP contribution in [0.1, 0.15) is 41.6 Å². The molecule has 1 fully saturated rings. The topological polar surface area (TPSA) is 58.6 Å². The number of hydrogen-bond acceptors (Lipinski definition) is 4. The molecular weight excluding hydrogens is 371 g/mol. The number of piperidine rings is 1. The van der Waals surface area contributed by atoms with Crippen molar-refractivity contribution in [3.05, 3.63) is 65.5 Å². The van der Waals surface area contributed by atoms with Crippen LogP contribution in [0.3, 0.4) is 0 Å². The number of nitrogens with one attached hydrogen (secondary N) is 1. The first-order valence-corrected chi connectivity index (χ1v) is 9.99. The summed E-state index contributed by atoms with van der Waals surface area (Å²) in [6.07, 6.45) is 3.38. The third kappa shape index (κ3) is 6.12. The van der Waals surface area contributed by atoms with Crippen LogP contribution in [0.4, 0.5) is 10.1 Å². The maximum atomic E-state index is 13.6. The summed E-state index contributed by atoms with van der Waals surface area (Å²) >= 11 is 0. The Bertz CT molecular complexity index is 838. The summed E-state index contributed by atoms with van der Waals surface area (Å²) < 4.78 is 18.4. The summed E-state index contributed by atoms with van der Waals surface area (Å²) in [6, 6.07) is 13.7. The first-order valence-electron chi connectivity index (χ1n) is 9.99. The predicted octanol–water partition coefficient (Wildman–Crippen LogP) is 4.24. The maximum Gasteiger partial charge on any atom is 0.337 e. The Hall–Kier alpha value is -2.73. The Morgan fingerprint density at radius 2 is 1.93 bits per heavy atom. The third-order valence-corrected chi connectivity index (χ3v) is 5.31. The molecule has 2 aromatic rings. The number of halogens is 1. The van der Waals surface area contributed by atoms with Crippen molar-refractivity contribution in [1.29, 1.82) is 0 Å². The van der Waals surface area contributed by atoms with Crippen LogP contribution in [0.5, 0.6) is 0 Å². The lowest BCUT2D eigenvalue weighted by Crippen LogP contribution is -2.35. The highest BCUT2D eigenvalue weighted by Crippen LogP contribution is 2.23. The standard InChI is InChI=1S/C23H27FN2O3/c1-29-23(28)19-11-8-18(9-12-19)16-26-14-4-5-17(15-26)10-13-22(27)25-21-7-3-2-6-20(21)24/h2-3,6-9,11-12,17H,4-5,10,13-16H2,1H3,(H,25,27). The number of benzene rings is 2. The molecule has 0 aromatic heterocycles. The van der Waals surface area contributed by atoms with Crippen LogP contribution in [-0.2, 0) is 16.1 Å². The van der Waals surface area contributed by atoms with E-state index in [-0.39, 0.29) is 17.6 Å². The smallest absolute Gasteiger partial charge is 0.337 e. The van der Waals surface area contributed by atoms with Gasteiger partial charge in [-0.05, 0) is 61.6 Å². The highest BCUT2D eigenvalue weighted by Gasteiger charge is 2.21. The third-order valence-electron chi connectivity index (χ3n) is 5.31. The van der Waals surface area contributed by atoms with Gasteiger partial charge in [-0.15, -0.1) is 0 Å². The zero-order chi connectivity index (χ0) is 20.6. The molecule has 1 heterocycles. The number of carbonyl (C=O) groups excluding carboxylic acids is 2. The zero-order valence-electron chi connectivity index (χ0n) is 16.7. The van der Waals surface area contributed by atoms with Crippen LogP contribution >= 0.6 is 0 Å². The van der Waals surface area contributed by atoms with Gasteiger partial charge in [-0.2, -0.15) is 0 Å². The Kier molecular flexibility index (Phi) is 7.36. The van der Waals surface area contributed by atoms with Gasteiger partial charge in [0.25, 0.3) is 0 Å². The van der Waals surface area contributed by atoms with Crippen LogP contribution in [0.25, 0.3) is 0 Å². The minimum absolute atomic E-state index is 0.148. The van der Waals surface area contributed by atoms with Crippen LogP contribution in [0.2, 0.25) is 0 Å². The van der Waals surface area contributed by atoms with Crippen molar-refractivity contribution in [3.8, 4) is 0 Å². The molecule has 154 valence electrons. The van der Waals surface area contributed by atoms with Crippen LogP contribution < -0.4 is 5.32 Å². The molecule has 1 N–H and O–H groups in total. The highest BCUT2D eigenvalue weighted by molar-refractivity contribution is 5.90. The fraction of sp³-hybridized carbons (Fsp3) is 0.391. The molecular formula is C23H27FN2O3. The monoisotopic (exact) mass is 398 g/mol. The molecule has 5 nitrogen and oxygen atoms in total. The summed E-state index contributed by atoms with van der Waals surface area (Å²) in [5.41, 5.74) is 1.93. The molecule has 1 aliphatic rings. The molecule has 1 saturated heterocycles. The molecule has 0 radical (unpaired) electrons. The van der Waals surface area contributed by atoms with Crippen molar-refractivity contribution < 1.29 is 18.7 Å². The minimum atomic E-state index is -0.414. The number of para-hydroxylation sites is 1. The molecule has 1 aliphatic heterocycles. The van der Waals surface area contributed by atoms with Gasteiger partial charge in [0.2, 0.25) is 5.91 Å². The average Bonchev–Trinajstić information content (AvgIpc) is 2.74. The lowest BCUT2D eigenvalue weighted by molar-refractivity contribution is -0.116. The summed E-state index contributed by atoms with van der Waals surface area (Å²) in [5, 5.41) is 2.65. The van der Waals surface area contributed by atoms with E-state index < -0.39 is 5.82 Å². The second-order valence-electron chi connectivity index (χ2n) is 7.50. The first kappa shape index (κ1) is 21.0. The van der Waals surface area contributed by atoms with Crippen molar-refractivity contribution in [3.63, 3.8) is 0 Å². The van der Waals surface area contributed by atoms with Gasteiger partial charge in [-0.25, -0.2) is 9.18 Å². The van der Waals surface area contributed by atoms with E-state index in [1.165, 1.54) is 13.2 Å². The van der Waals surface area contributed by atoms with E-state index in [0.717, 1.165) is 44.5 Å². The largest absolute Gasteiger partial charge is 0.465 e. The number of esters is 1. The molecule has 6 heteroatoms. The van der Waals surface area contributed by atoms with Gasteiger partial charge < -0.3 is 10.1 Å². The first-order chi connectivity index (χ1) is 14.0. The van der Waals surface area contributed by atoms with Crippen molar-refractivity contribution >= 4 is 17.6 Å². The summed E-state index contributed by atoms with van der Waals surface area (Å²) in [4.78, 5) is 26.1. The molecule has 0 saturated carbocycles. The molecule has 1 unspecified atom stereocenters. The van der Waals surface area contributed by atoms with Gasteiger partial charge in [0.15, 0.2) is 0 Å². The number of carbonyl (C=O) groups is 2. The maximum absolute atomic E-state index is 13.6. The Morgan fingerprint density at radius 3 is 2.66 bits per heavy atom. The molecule has 3 rings (SSSR count). The van der Waals surface area contributed by atoms with E-state index in [9.17, 15) is 14.0 Å². The fourth-order valence-corrected chi connectivity index (χ4v) is 3.76. The summed E-state index contributed by atoms with van der Waals surface area (Å²) in [5.74, 6) is -0.443. The quantitative estimate of drug-likeness (QED) is 0.709. The number of anilines is 1. The average molecular weight is 398 g/mol. The van der Waals surface area contributed by atoms with Crippen LogP contribution in [-0.4, -0.2) is 37.0 Å². The van der Waals surface area contributed by atoms with E-state index in [2.05, 4.69) is 10.2 Å². The zero-order valence-corrected chi connectivity index (χ0v) is 16.7. The molecule has 2 aromatic carbocycles. The number of amides is 1. The number of ether oxygens (including phenoxy) is 1. The van der Waals surface area contributed by atoms with Crippen molar-refractivity contribution in [2.24, 2.45) is 5.92 Å². The number of hydrogen-bond donors (Lipinski definition) is 1. The van der Waals surface area contributed by atoms with Gasteiger partial charge in [0.1, 0.15) is 5.82 Å². The minimum Gasteiger partial charge on any atom is -0.465 e. The normalized spacial score (nSPS) is 17.0. The fourth-order valence-electron chi connectivity index (χ4n) is 3.76. The van der Waals surface area contributed by atoms with E-state index in [4.69, 9.17) is 4.74 Å². The molecule has 0 aliphatic carbocycles. The van der Waals surface area contributed by atoms with Gasteiger partial charge in [0, 0.05) is 19.5 Å². The molecule has 0 bridgehead atoms. The van der Waals surface area contributed by atoms with E-state index in [0.29, 0.717) is 17.9 Å². The molecule has 1 atom stereocenters. The van der Waals surface area contributed by atoms with E-state index >= 15 is 0 Å². The molecule has 0 spiro atoms. The lowest BCUT2D eigenvalue weighted by Gasteiger charge is -2.32. The number of nitrogens with zero attached hydrogens (tertiary/aromatic N) is 1. The predicted molar refractivity (Wildman–Crippen MR) is 110 cm³/mol. The Labute approximate surface area is 170 Å². The number of methoxy groups -OCH3 is 1. The highest BCUT2D eigenvalue weighted by atomic mass is 19.1. The van der Waals surface area contributed by atoms with Crippen molar-refractivity contribution in [1.82, 2.24) is 4.90 Å². The van der Waals surface area contributed by atoms with Crippen LogP contribution in [0, 0.1) is 11.7 Å². The lowest BCUT2D eigenvalue weighted by atomic mass is 9.93. The van der Waals surface area contributed by atoms with Crippen molar-refractivity contribution in [2.75, 3.05) is 25.5 Å². The Balaban J connectivity index is 1.46. The number of likely N-dealkylation sites (tertiary alicyclic amines) is 1. The number of rotatable bonds is 7. The van der Waals surface area contributed by atoms with Gasteiger partial charge >= 0.3 is 5.97 Å². The molecule has 1 amide bonds. The SMILES string of the molecule is COC(=O)c1ccc(CN2CCCC(CCC(=O)Nc3ccccc3F)C2)cc1. The Morgan fingerprint density at radius 1 is 1.17 bits per heavy atom. The second kappa shape index (κ2) is 10.2. The summed E-state index contributed by atoms with van der Waals surface area (Å²) in [6.45, 7) is 2.78. The van der Waals surface area contributed by atoms with E-state index in [1.54, 1.807) is 30.3 Å². The van der Waals surface area contributed by atoms with Gasteiger partial charge in [0.05, 0.1) is 18.4 Å². The van der Waals surface area contributed by atoms with Crippen LogP contribution in [0.15, 0.2) is 48.5 Å². The van der Waals surface area contributed by atoms with Gasteiger partial charge in [-0.3, -0.25) is 9.69 Å². The van der Waals surface area contributed by atoms with Crippen molar-refractivity contribution in [2.45, 2.75) is 32.2 Å². The summed E-state index contributed by atoms with van der Waals surface area (Å²) in [7, 11) is 1.38. The second-order valence-corrected chi connectivity index (χ2v) is 7.50. The van der Waals surface area contributed by atoms with Gasteiger partial charge in [-0.1, -0.05) is 24.3 Å². The molecule has 29 heavy (non-hydrogen) atoms.